The summed E-state index contributed by atoms with van der Waals surface area (Å²) in [6.45, 7) is 2.12. The summed E-state index contributed by atoms with van der Waals surface area (Å²) < 4.78 is 0. The van der Waals surface area contributed by atoms with Crippen LogP contribution in [0.5, 0.6) is 0 Å². The third kappa shape index (κ3) is 3.39. The largest absolute Gasteiger partial charge is 0.0622 e. The zero-order valence-corrected chi connectivity index (χ0v) is 14.3. The van der Waals surface area contributed by atoms with E-state index in [9.17, 15) is 0 Å². The van der Waals surface area contributed by atoms with Gasteiger partial charge in [0.25, 0.3) is 0 Å². The van der Waals surface area contributed by atoms with Gasteiger partial charge in [0.2, 0.25) is 0 Å². The highest BCUT2D eigenvalue weighted by atomic mass is 14.1. The topological polar surface area (TPSA) is 0 Å². The number of aryl methyl sites for hydroxylation is 1. The van der Waals surface area contributed by atoms with Crippen molar-refractivity contribution in [3.63, 3.8) is 0 Å². The van der Waals surface area contributed by atoms with Crippen LogP contribution in [0.15, 0.2) is 103 Å². The maximum Gasteiger partial charge on any atom is -0.0178 e. The van der Waals surface area contributed by atoms with E-state index in [1.165, 1.54) is 38.9 Å². The molecule has 0 heteroatoms. The molecular weight excluding hydrogens is 300 g/mol. The van der Waals surface area contributed by atoms with Crippen molar-refractivity contribution in [2.24, 2.45) is 0 Å². The molecule has 4 aromatic rings. The summed E-state index contributed by atoms with van der Waals surface area (Å²) in [6.07, 6.45) is 0. The third-order valence-electron chi connectivity index (χ3n) is 4.55. The van der Waals surface area contributed by atoms with Crippen molar-refractivity contribution < 1.29 is 0 Å². The summed E-state index contributed by atoms with van der Waals surface area (Å²) >= 11 is 0. The minimum Gasteiger partial charge on any atom is -0.0622 e. The Labute approximate surface area is 149 Å². The molecule has 0 atom stereocenters. The minimum absolute atomic E-state index is 1.25. The van der Waals surface area contributed by atoms with Gasteiger partial charge in [-0.1, -0.05) is 96.6 Å². The molecule has 4 aromatic carbocycles. The van der Waals surface area contributed by atoms with Gasteiger partial charge in [0, 0.05) is 0 Å². The average molecular weight is 320 g/mol. The Morgan fingerprint density at radius 3 is 1.28 bits per heavy atom. The van der Waals surface area contributed by atoms with Crippen molar-refractivity contribution >= 4 is 0 Å². The highest BCUT2D eigenvalue weighted by Gasteiger charge is 2.04. The van der Waals surface area contributed by atoms with Crippen molar-refractivity contribution in [3.05, 3.63) is 109 Å². The molecule has 0 heterocycles. The minimum atomic E-state index is 1.25. The van der Waals surface area contributed by atoms with Crippen LogP contribution in [0.2, 0.25) is 0 Å². The van der Waals surface area contributed by atoms with Crippen LogP contribution in [-0.4, -0.2) is 0 Å². The van der Waals surface area contributed by atoms with E-state index >= 15 is 0 Å². The van der Waals surface area contributed by atoms with Gasteiger partial charge in [-0.15, -0.1) is 0 Å². The van der Waals surface area contributed by atoms with Crippen molar-refractivity contribution in [1.29, 1.82) is 0 Å². The Balaban J connectivity index is 1.73. The Morgan fingerprint density at radius 1 is 0.360 bits per heavy atom. The smallest absolute Gasteiger partial charge is 0.0178 e. The first kappa shape index (κ1) is 15.4. The molecule has 0 spiro atoms. The fraction of sp³-hybridized carbons (Fsp3) is 0.0400. The Bertz CT molecular complexity index is 980. The predicted molar refractivity (Wildman–Crippen MR) is 107 cm³/mol. The van der Waals surface area contributed by atoms with Gasteiger partial charge in [0.05, 0.1) is 0 Å². The summed E-state index contributed by atoms with van der Waals surface area (Å²) in [4.78, 5) is 0. The lowest BCUT2D eigenvalue weighted by molar-refractivity contribution is 1.47. The van der Waals surface area contributed by atoms with Crippen LogP contribution in [0.3, 0.4) is 0 Å². The molecule has 0 N–H and O–H groups in total. The first-order valence-electron chi connectivity index (χ1n) is 8.62. The quantitative estimate of drug-likeness (QED) is 0.381. The molecule has 0 unspecified atom stereocenters. The van der Waals surface area contributed by atoms with E-state index in [-0.39, 0.29) is 0 Å². The van der Waals surface area contributed by atoms with Crippen LogP contribution >= 0.6 is 0 Å². The maximum atomic E-state index is 2.27. The molecular formula is C25H20. The number of hydrogen-bond donors (Lipinski definition) is 0. The van der Waals surface area contributed by atoms with Gasteiger partial charge in [-0.2, -0.15) is 0 Å². The van der Waals surface area contributed by atoms with E-state index in [1.807, 2.05) is 0 Å². The fourth-order valence-corrected chi connectivity index (χ4v) is 3.13. The molecule has 0 saturated carbocycles. The van der Waals surface area contributed by atoms with E-state index in [0.29, 0.717) is 0 Å². The van der Waals surface area contributed by atoms with Crippen LogP contribution in [0.25, 0.3) is 33.4 Å². The van der Waals surface area contributed by atoms with Crippen LogP contribution in [0, 0.1) is 6.92 Å². The second kappa shape index (κ2) is 6.78. The maximum absolute atomic E-state index is 2.27. The van der Waals surface area contributed by atoms with Gasteiger partial charge in [-0.25, -0.2) is 0 Å². The van der Waals surface area contributed by atoms with E-state index in [1.54, 1.807) is 0 Å². The second-order valence-electron chi connectivity index (χ2n) is 6.39. The highest BCUT2D eigenvalue weighted by molar-refractivity contribution is 5.76. The van der Waals surface area contributed by atoms with Gasteiger partial charge >= 0.3 is 0 Å². The normalized spacial score (nSPS) is 10.6. The lowest BCUT2D eigenvalue weighted by Gasteiger charge is -2.09. The first-order chi connectivity index (χ1) is 12.3. The molecule has 0 fully saturated rings. The van der Waals surface area contributed by atoms with Crippen LogP contribution in [-0.2, 0) is 0 Å². The standard InChI is InChI=1S/C25H20/c1-19-13-15-21(16-14-19)23-10-6-12-25(18-23)24-11-5-9-22(17-24)20-7-3-2-4-8-20/h2-18H,1H3. The zero-order chi connectivity index (χ0) is 17.1. The van der Waals surface area contributed by atoms with Gasteiger partial charge in [0.1, 0.15) is 0 Å². The Morgan fingerprint density at radius 2 is 0.760 bits per heavy atom. The van der Waals surface area contributed by atoms with E-state index in [4.69, 9.17) is 0 Å². The van der Waals surface area contributed by atoms with E-state index < -0.39 is 0 Å². The molecule has 120 valence electrons. The molecule has 0 radical (unpaired) electrons. The van der Waals surface area contributed by atoms with Crippen LogP contribution < -0.4 is 0 Å². The first-order valence-corrected chi connectivity index (χ1v) is 8.62. The molecule has 0 aliphatic rings. The zero-order valence-electron chi connectivity index (χ0n) is 14.3. The monoisotopic (exact) mass is 320 g/mol. The fourth-order valence-electron chi connectivity index (χ4n) is 3.13. The van der Waals surface area contributed by atoms with Gasteiger partial charge in [0.15, 0.2) is 0 Å². The molecule has 25 heavy (non-hydrogen) atoms. The number of hydrogen-bond acceptors (Lipinski definition) is 0. The SMILES string of the molecule is Cc1ccc(-c2cccc(-c3cccc(-c4ccccc4)c3)c2)cc1. The lowest BCUT2D eigenvalue weighted by Crippen LogP contribution is -1.83. The molecule has 0 aliphatic carbocycles. The number of benzene rings is 4. The molecule has 0 saturated heterocycles. The summed E-state index contributed by atoms with van der Waals surface area (Å²) in [5.41, 5.74) is 8.79. The van der Waals surface area contributed by atoms with Crippen LogP contribution in [0.1, 0.15) is 5.56 Å². The number of rotatable bonds is 3. The molecule has 0 aromatic heterocycles. The summed E-state index contributed by atoms with van der Waals surface area (Å²) in [5, 5.41) is 0. The van der Waals surface area contributed by atoms with Gasteiger partial charge in [-0.05, 0) is 52.4 Å². The average Bonchev–Trinajstić information content (AvgIpc) is 2.69. The summed E-state index contributed by atoms with van der Waals surface area (Å²) in [6, 6.07) is 36.8. The molecule has 0 bridgehead atoms. The van der Waals surface area contributed by atoms with Gasteiger partial charge in [-0.3, -0.25) is 0 Å². The molecule has 0 nitrogen and oxygen atoms in total. The summed E-state index contributed by atoms with van der Waals surface area (Å²) in [7, 11) is 0. The molecule has 4 rings (SSSR count). The van der Waals surface area contributed by atoms with Crippen molar-refractivity contribution in [2.75, 3.05) is 0 Å². The predicted octanol–water partition coefficient (Wildman–Crippen LogP) is 7.00. The third-order valence-corrected chi connectivity index (χ3v) is 4.55. The highest BCUT2D eigenvalue weighted by Crippen LogP contribution is 2.29. The second-order valence-corrected chi connectivity index (χ2v) is 6.39. The molecule has 0 amide bonds. The lowest BCUT2D eigenvalue weighted by atomic mass is 9.96. The van der Waals surface area contributed by atoms with E-state index in [0.717, 1.165) is 0 Å². The van der Waals surface area contributed by atoms with Crippen molar-refractivity contribution in [1.82, 2.24) is 0 Å². The Kier molecular flexibility index (Phi) is 4.18. The van der Waals surface area contributed by atoms with Crippen LogP contribution in [0.4, 0.5) is 0 Å². The molecule has 0 aliphatic heterocycles. The Hall–Kier alpha value is -3.12. The van der Waals surface area contributed by atoms with Crippen molar-refractivity contribution in [2.45, 2.75) is 6.92 Å². The van der Waals surface area contributed by atoms with Crippen molar-refractivity contribution in [3.8, 4) is 33.4 Å². The van der Waals surface area contributed by atoms with Gasteiger partial charge < -0.3 is 0 Å². The summed E-state index contributed by atoms with van der Waals surface area (Å²) in [5.74, 6) is 0. The van der Waals surface area contributed by atoms with E-state index in [2.05, 4.69) is 110 Å².